The van der Waals surface area contributed by atoms with Crippen molar-refractivity contribution in [1.29, 1.82) is 0 Å². The van der Waals surface area contributed by atoms with Crippen molar-refractivity contribution in [3.63, 3.8) is 0 Å². The van der Waals surface area contributed by atoms with Crippen molar-refractivity contribution in [2.75, 3.05) is 0 Å². The molecule has 1 rings (SSSR count). The van der Waals surface area contributed by atoms with Gasteiger partial charge in [-0.25, -0.2) is 8.78 Å². The van der Waals surface area contributed by atoms with Gasteiger partial charge in [0, 0.05) is 0 Å². The third kappa shape index (κ3) is 3.09. The Morgan fingerprint density at radius 1 is 1.00 bits per heavy atom. The molecule has 0 N–H and O–H groups in total. The molecule has 0 aliphatic heterocycles. The highest BCUT2D eigenvalue weighted by Gasteiger charge is 2.22. The average molecular weight is 261 g/mol. The molecule has 0 fully saturated rings. The van der Waals surface area contributed by atoms with Crippen LogP contribution in [0.3, 0.4) is 0 Å². The summed E-state index contributed by atoms with van der Waals surface area (Å²) in [7, 11) is 0. The highest BCUT2D eigenvalue weighted by Crippen LogP contribution is 2.28. The summed E-state index contributed by atoms with van der Waals surface area (Å²) in [6.07, 6.45) is 3.98. The van der Waals surface area contributed by atoms with E-state index in [0.717, 1.165) is 6.42 Å². The van der Waals surface area contributed by atoms with E-state index in [2.05, 4.69) is 4.98 Å². The standard InChI is InChI=1S/C13H15F4N/c1-3-5-7-8(6-4-2)9-10(14)12(16)18-13(17)11(9)15/h7H,3-6H2,1-2H3/b8-7+. The summed E-state index contributed by atoms with van der Waals surface area (Å²) in [5.41, 5.74) is -0.343. The lowest BCUT2D eigenvalue weighted by Crippen LogP contribution is -2.06. The summed E-state index contributed by atoms with van der Waals surface area (Å²) < 4.78 is 53.2. The first-order valence-corrected chi connectivity index (χ1v) is 5.92. The van der Waals surface area contributed by atoms with Crippen molar-refractivity contribution in [3.05, 3.63) is 35.2 Å². The van der Waals surface area contributed by atoms with E-state index < -0.39 is 29.1 Å². The first-order valence-electron chi connectivity index (χ1n) is 5.92. The monoisotopic (exact) mass is 261 g/mol. The first kappa shape index (κ1) is 14.7. The molecule has 0 saturated carbocycles. The van der Waals surface area contributed by atoms with Crippen LogP contribution in [0, 0.1) is 23.5 Å². The summed E-state index contributed by atoms with van der Waals surface area (Å²) in [5, 5.41) is 0. The maximum absolute atomic E-state index is 13.6. The van der Waals surface area contributed by atoms with Crippen molar-refractivity contribution in [3.8, 4) is 0 Å². The predicted octanol–water partition coefficient (Wildman–Crippen LogP) is 4.62. The van der Waals surface area contributed by atoms with Crippen molar-refractivity contribution >= 4 is 5.57 Å². The lowest BCUT2D eigenvalue weighted by atomic mass is 9.99. The van der Waals surface area contributed by atoms with Crippen LogP contribution in [0.15, 0.2) is 6.08 Å². The Morgan fingerprint density at radius 2 is 1.56 bits per heavy atom. The zero-order chi connectivity index (χ0) is 13.7. The minimum atomic E-state index is -1.61. The number of nitrogens with zero attached hydrogens (tertiary/aromatic N) is 1. The van der Waals surface area contributed by atoms with Gasteiger partial charge in [0.05, 0.1) is 5.56 Å². The van der Waals surface area contributed by atoms with E-state index in [1.807, 2.05) is 13.8 Å². The van der Waals surface area contributed by atoms with Crippen molar-refractivity contribution in [1.82, 2.24) is 4.98 Å². The SMILES string of the molecule is CCC/C=C(\CCC)c1c(F)c(F)nc(F)c1F. The Hall–Kier alpha value is -1.39. The van der Waals surface area contributed by atoms with Crippen LogP contribution in [0.5, 0.6) is 0 Å². The minimum absolute atomic E-state index is 0.287. The van der Waals surface area contributed by atoms with E-state index in [0.29, 0.717) is 19.3 Å². The molecule has 1 heterocycles. The lowest BCUT2D eigenvalue weighted by molar-refractivity contribution is 0.403. The van der Waals surface area contributed by atoms with Crippen LogP contribution in [-0.2, 0) is 0 Å². The molecule has 1 aromatic rings. The summed E-state index contributed by atoms with van der Waals surface area (Å²) >= 11 is 0. The van der Waals surface area contributed by atoms with Gasteiger partial charge >= 0.3 is 0 Å². The Kier molecular flexibility index (Phi) is 5.31. The molecule has 0 bridgehead atoms. The van der Waals surface area contributed by atoms with Crippen LogP contribution in [0.4, 0.5) is 17.6 Å². The molecule has 0 aliphatic carbocycles. The van der Waals surface area contributed by atoms with Gasteiger partial charge in [0.25, 0.3) is 11.9 Å². The molecule has 5 heteroatoms. The highest BCUT2D eigenvalue weighted by molar-refractivity contribution is 5.66. The van der Waals surface area contributed by atoms with Gasteiger partial charge in [0.2, 0.25) is 0 Å². The van der Waals surface area contributed by atoms with Crippen LogP contribution in [0.2, 0.25) is 0 Å². The smallest absolute Gasteiger partial charge is 0.201 e. The van der Waals surface area contributed by atoms with E-state index in [-0.39, 0.29) is 5.57 Å². The zero-order valence-corrected chi connectivity index (χ0v) is 10.4. The van der Waals surface area contributed by atoms with Gasteiger partial charge in [-0.05, 0) is 18.4 Å². The summed E-state index contributed by atoms with van der Waals surface area (Å²) in [6, 6.07) is 0. The fourth-order valence-corrected chi connectivity index (χ4v) is 1.69. The number of hydrogen-bond donors (Lipinski definition) is 0. The van der Waals surface area contributed by atoms with Gasteiger partial charge in [-0.15, -0.1) is 0 Å². The van der Waals surface area contributed by atoms with Gasteiger partial charge < -0.3 is 0 Å². The molecule has 1 aromatic heterocycles. The molecular weight excluding hydrogens is 246 g/mol. The molecule has 0 amide bonds. The van der Waals surface area contributed by atoms with Gasteiger partial charge in [-0.3, -0.25) is 0 Å². The topological polar surface area (TPSA) is 12.9 Å². The van der Waals surface area contributed by atoms with E-state index in [9.17, 15) is 17.6 Å². The number of allylic oxidation sites excluding steroid dienone is 2. The predicted molar refractivity (Wildman–Crippen MR) is 61.9 cm³/mol. The number of aromatic nitrogens is 1. The number of hydrogen-bond acceptors (Lipinski definition) is 1. The summed E-state index contributed by atoms with van der Waals surface area (Å²) in [5.74, 6) is -6.07. The minimum Gasteiger partial charge on any atom is -0.201 e. The van der Waals surface area contributed by atoms with Gasteiger partial charge in [0.15, 0.2) is 11.6 Å². The van der Waals surface area contributed by atoms with E-state index in [4.69, 9.17) is 0 Å². The molecule has 0 atom stereocenters. The third-order valence-electron chi connectivity index (χ3n) is 2.52. The molecule has 18 heavy (non-hydrogen) atoms. The molecule has 0 aliphatic rings. The highest BCUT2D eigenvalue weighted by atomic mass is 19.2. The van der Waals surface area contributed by atoms with Gasteiger partial charge in [-0.2, -0.15) is 13.8 Å². The Morgan fingerprint density at radius 3 is 2.00 bits per heavy atom. The summed E-state index contributed by atoms with van der Waals surface area (Å²) in [6.45, 7) is 3.73. The zero-order valence-electron chi connectivity index (χ0n) is 10.4. The van der Waals surface area contributed by atoms with Crippen LogP contribution in [0.25, 0.3) is 5.57 Å². The third-order valence-corrected chi connectivity index (χ3v) is 2.52. The van der Waals surface area contributed by atoms with Crippen molar-refractivity contribution in [2.45, 2.75) is 39.5 Å². The molecule has 0 saturated heterocycles. The second-order valence-corrected chi connectivity index (χ2v) is 3.96. The van der Waals surface area contributed by atoms with E-state index in [1.165, 1.54) is 0 Å². The van der Waals surface area contributed by atoms with Crippen LogP contribution in [-0.4, -0.2) is 4.98 Å². The van der Waals surface area contributed by atoms with Crippen LogP contribution in [0.1, 0.15) is 45.1 Å². The average Bonchev–Trinajstić information content (AvgIpc) is 2.33. The van der Waals surface area contributed by atoms with Crippen LogP contribution < -0.4 is 0 Å². The normalized spacial score (nSPS) is 12.0. The molecule has 1 nitrogen and oxygen atoms in total. The number of rotatable bonds is 5. The fourth-order valence-electron chi connectivity index (χ4n) is 1.69. The maximum atomic E-state index is 13.6. The Balaban J connectivity index is 3.35. The summed E-state index contributed by atoms with van der Waals surface area (Å²) in [4.78, 5) is 2.55. The molecule has 0 spiro atoms. The first-order chi connectivity index (χ1) is 8.52. The quantitative estimate of drug-likeness (QED) is 0.556. The Labute approximate surface area is 104 Å². The van der Waals surface area contributed by atoms with E-state index >= 15 is 0 Å². The second kappa shape index (κ2) is 6.52. The Bertz CT molecular complexity index is 429. The van der Waals surface area contributed by atoms with Gasteiger partial charge in [-0.1, -0.05) is 32.8 Å². The van der Waals surface area contributed by atoms with Crippen molar-refractivity contribution < 1.29 is 17.6 Å². The largest absolute Gasteiger partial charge is 0.252 e. The molecule has 0 radical (unpaired) electrons. The number of unbranched alkanes of at least 4 members (excludes halogenated alkanes) is 1. The van der Waals surface area contributed by atoms with Gasteiger partial charge in [0.1, 0.15) is 0 Å². The van der Waals surface area contributed by atoms with Crippen molar-refractivity contribution in [2.24, 2.45) is 0 Å². The molecule has 0 unspecified atom stereocenters. The molecule has 100 valence electrons. The maximum Gasteiger partial charge on any atom is 0.252 e. The van der Waals surface area contributed by atoms with E-state index in [1.54, 1.807) is 6.08 Å². The van der Waals surface area contributed by atoms with Crippen LogP contribution >= 0.6 is 0 Å². The molecule has 0 aromatic carbocycles. The number of halogens is 4. The number of pyridine rings is 1. The second-order valence-electron chi connectivity index (χ2n) is 3.96. The lowest BCUT2D eigenvalue weighted by Gasteiger charge is -2.10. The fraction of sp³-hybridized carbons (Fsp3) is 0.462. The molecular formula is C13H15F4N.